The Morgan fingerprint density at radius 3 is 2.76 bits per heavy atom. The molecule has 0 fully saturated rings. The maximum Gasteiger partial charge on any atom is 0.254 e. The summed E-state index contributed by atoms with van der Waals surface area (Å²) in [4.78, 5) is 17.1. The van der Waals surface area contributed by atoms with E-state index in [2.05, 4.69) is 31.0 Å². The number of nitrogens with one attached hydrogen (secondary N) is 1. The molecule has 1 unspecified atom stereocenters. The second kappa shape index (κ2) is 7.76. The van der Waals surface area contributed by atoms with Crippen LogP contribution in [0.2, 0.25) is 5.02 Å². The van der Waals surface area contributed by atoms with Gasteiger partial charge in [-0.2, -0.15) is 9.67 Å². The molecular formula is C18H13ClFN7O2. The van der Waals surface area contributed by atoms with E-state index in [0.717, 1.165) is 0 Å². The van der Waals surface area contributed by atoms with Gasteiger partial charge < -0.3 is 9.84 Å². The normalized spacial score (nSPS) is 12.0. The zero-order valence-electron chi connectivity index (χ0n) is 15.0. The van der Waals surface area contributed by atoms with Crippen LogP contribution < -0.4 is 5.32 Å². The lowest BCUT2D eigenvalue weighted by atomic mass is 10.1. The fourth-order valence-electron chi connectivity index (χ4n) is 2.63. The van der Waals surface area contributed by atoms with Gasteiger partial charge in [-0.3, -0.25) is 4.79 Å². The fraction of sp³-hybridized carbons (Fsp3) is 0.111. The number of halogens is 2. The maximum absolute atomic E-state index is 13.1. The van der Waals surface area contributed by atoms with Crippen molar-refractivity contribution in [3.05, 3.63) is 71.1 Å². The van der Waals surface area contributed by atoms with Crippen molar-refractivity contribution in [2.75, 3.05) is 0 Å². The molecule has 1 atom stereocenters. The molecule has 146 valence electrons. The average molecular weight is 414 g/mol. The minimum atomic E-state index is -0.593. The third-order valence-electron chi connectivity index (χ3n) is 4.06. The number of nitrogens with zero attached hydrogens (tertiary/aromatic N) is 6. The predicted octanol–water partition coefficient (Wildman–Crippen LogP) is 3.00. The van der Waals surface area contributed by atoms with Gasteiger partial charge in [-0.25, -0.2) is 4.39 Å². The summed E-state index contributed by atoms with van der Waals surface area (Å²) in [5, 5.41) is 18.0. The second-order valence-electron chi connectivity index (χ2n) is 6.07. The molecule has 1 N–H and O–H groups in total. The van der Waals surface area contributed by atoms with E-state index < -0.39 is 11.9 Å². The molecule has 0 radical (unpaired) electrons. The number of carbonyl (C=O) groups excluding carboxylic acids is 1. The maximum atomic E-state index is 13.1. The van der Waals surface area contributed by atoms with E-state index in [-0.39, 0.29) is 17.3 Å². The van der Waals surface area contributed by atoms with Crippen LogP contribution in [-0.4, -0.2) is 36.3 Å². The topological polar surface area (TPSA) is 112 Å². The Labute approximate surface area is 168 Å². The Morgan fingerprint density at radius 1 is 1.24 bits per heavy atom. The smallest absolute Gasteiger partial charge is 0.254 e. The van der Waals surface area contributed by atoms with E-state index in [1.165, 1.54) is 41.3 Å². The number of aromatic nitrogens is 6. The summed E-state index contributed by atoms with van der Waals surface area (Å²) in [6.07, 6.45) is 1.37. The van der Waals surface area contributed by atoms with E-state index in [1.54, 1.807) is 19.1 Å². The average Bonchev–Trinajstić information content (AvgIpc) is 3.41. The number of hydrogen-bond acceptors (Lipinski definition) is 7. The molecule has 2 heterocycles. The van der Waals surface area contributed by atoms with E-state index in [0.29, 0.717) is 22.1 Å². The highest BCUT2D eigenvalue weighted by molar-refractivity contribution is 6.31. The Bertz CT molecular complexity index is 1150. The van der Waals surface area contributed by atoms with Crippen molar-refractivity contribution in [3.63, 3.8) is 0 Å². The molecule has 0 bridgehead atoms. The van der Waals surface area contributed by atoms with Gasteiger partial charge in [0.2, 0.25) is 11.7 Å². The molecule has 2 aromatic heterocycles. The first kappa shape index (κ1) is 18.7. The Kier molecular flexibility index (Phi) is 5.00. The van der Waals surface area contributed by atoms with Crippen LogP contribution in [0.1, 0.15) is 29.2 Å². The van der Waals surface area contributed by atoms with Crippen LogP contribution in [0.4, 0.5) is 4.39 Å². The van der Waals surface area contributed by atoms with Crippen molar-refractivity contribution >= 4 is 17.5 Å². The highest BCUT2D eigenvalue weighted by Crippen LogP contribution is 2.22. The second-order valence-corrected chi connectivity index (χ2v) is 6.51. The van der Waals surface area contributed by atoms with Gasteiger partial charge in [0.25, 0.3) is 5.91 Å². The van der Waals surface area contributed by atoms with Gasteiger partial charge in [0.05, 0.1) is 11.3 Å². The Morgan fingerprint density at radius 2 is 2.03 bits per heavy atom. The van der Waals surface area contributed by atoms with E-state index in [4.69, 9.17) is 16.1 Å². The van der Waals surface area contributed by atoms with Crippen LogP contribution in [-0.2, 0) is 0 Å². The molecule has 29 heavy (non-hydrogen) atoms. The number of carbonyl (C=O) groups is 1. The number of rotatable bonds is 5. The summed E-state index contributed by atoms with van der Waals surface area (Å²) < 4.78 is 19.7. The molecule has 4 aromatic rings. The molecule has 0 aliphatic rings. The molecule has 0 spiro atoms. The molecule has 0 saturated heterocycles. The fourth-order valence-corrected chi connectivity index (χ4v) is 2.80. The molecule has 9 nitrogen and oxygen atoms in total. The number of hydrogen-bond donors (Lipinski definition) is 1. The summed E-state index contributed by atoms with van der Waals surface area (Å²) in [6.45, 7) is 1.70. The highest BCUT2D eigenvalue weighted by Gasteiger charge is 2.21. The highest BCUT2D eigenvalue weighted by atomic mass is 35.5. The van der Waals surface area contributed by atoms with Crippen molar-refractivity contribution in [2.24, 2.45) is 0 Å². The van der Waals surface area contributed by atoms with Crippen LogP contribution >= 0.6 is 11.6 Å². The molecule has 0 saturated carbocycles. The monoisotopic (exact) mass is 413 g/mol. The van der Waals surface area contributed by atoms with Crippen LogP contribution in [0.3, 0.4) is 0 Å². The van der Waals surface area contributed by atoms with Crippen LogP contribution in [0.15, 0.2) is 53.3 Å². The molecule has 1 amide bonds. The number of tetrazole rings is 1. The van der Waals surface area contributed by atoms with Crippen LogP contribution in [0, 0.1) is 5.82 Å². The van der Waals surface area contributed by atoms with Crippen molar-refractivity contribution in [3.8, 4) is 17.1 Å². The molecular weight excluding hydrogens is 401 g/mol. The summed E-state index contributed by atoms with van der Waals surface area (Å²) in [6, 6.07) is 9.87. The van der Waals surface area contributed by atoms with E-state index in [1.807, 2.05) is 0 Å². The lowest BCUT2D eigenvalue weighted by Crippen LogP contribution is -2.28. The van der Waals surface area contributed by atoms with E-state index >= 15 is 0 Å². The van der Waals surface area contributed by atoms with Gasteiger partial charge in [0.15, 0.2) is 0 Å². The zero-order chi connectivity index (χ0) is 20.4. The Balaban J connectivity index is 1.55. The van der Waals surface area contributed by atoms with Gasteiger partial charge in [-0.1, -0.05) is 16.8 Å². The minimum absolute atomic E-state index is 0.198. The van der Waals surface area contributed by atoms with Crippen molar-refractivity contribution in [2.45, 2.75) is 13.0 Å². The summed E-state index contributed by atoms with van der Waals surface area (Å²) in [5.41, 5.74) is 1.33. The molecule has 4 rings (SSSR count). The van der Waals surface area contributed by atoms with Gasteiger partial charge >= 0.3 is 0 Å². The quantitative estimate of drug-likeness (QED) is 0.535. The van der Waals surface area contributed by atoms with Crippen molar-refractivity contribution < 1.29 is 13.7 Å². The minimum Gasteiger partial charge on any atom is -0.340 e. The molecule has 2 aromatic carbocycles. The van der Waals surface area contributed by atoms with Crippen LogP contribution in [0.5, 0.6) is 0 Å². The standard InChI is InChI=1S/C18H13ClFN7O2/c1-10(18-23-16(24-29-18)11-2-5-13(20)6-3-11)22-17(28)14-8-12(19)4-7-15(14)27-9-21-25-26-27/h2-10H,1H3,(H,22,28). The summed E-state index contributed by atoms with van der Waals surface area (Å²) >= 11 is 6.05. The third-order valence-corrected chi connectivity index (χ3v) is 4.30. The lowest BCUT2D eigenvalue weighted by molar-refractivity contribution is 0.0932. The summed E-state index contributed by atoms with van der Waals surface area (Å²) in [5.74, 6) is -0.299. The molecule has 0 aliphatic carbocycles. The summed E-state index contributed by atoms with van der Waals surface area (Å²) in [7, 11) is 0. The number of benzene rings is 2. The lowest BCUT2D eigenvalue weighted by Gasteiger charge is -2.12. The van der Waals surface area contributed by atoms with Crippen molar-refractivity contribution in [1.29, 1.82) is 0 Å². The van der Waals surface area contributed by atoms with Gasteiger partial charge in [0, 0.05) is 10.6 Å². The van der Waals surface area contributed by atoms with Gasteiger partial charge in [0.1, 0.15) is 18.2 Å². The third kappa shape index (κ3) is 3.97. The molecule has 11 heteroatoms. The van der Waals surface area contributed by atoms with Crippen LogP contribution in [0.25, 0.3) is 17.1 Å². The first-order valence-electron chi connectivity index (χ1n) is 8.44. The first-order valence-corrected chi connectivity index (χ1v) is 8.82. The number of amides is 1. The first-order chi connectivity index (χ1) is 14.0. The van der Waals surface area contributed by atoms with E-state index in [9.17, 15) is 9.18 Å². The van der Waals surface area contributed by atoms with Gasteiger partial charge in [-0.15, -0.1) is 5.10 Å². The van der Waals surface area contributed by atoms with Crippen molar-refractivity contribution in [1.82, 2.24) is 35.7 Å². The van der Waals surface area contributed by atoms with Gasteiger partial charge in [-0.05, 0) is 59.8 Å². The zero-order valence-corrected chi connectivity index (χ0v) is 15.7. The SMILES string of the molecule is CC(NC(=O)c1cc(Cl)ccc1-n1cnnn1)c1nc(-c2ccc(F)cc2)no1. The predicted molar refractivity (Wildman–Crippen MR) is 99.7 cm³/mol. The Hall–Kier alpha value is -3.66. The largest absolute Gasteiger partial charge is 0.340 e. The molecule has 0 aliphatic heterocycles.